The van der Waals surface area contributed by atoms with Crippen LogP contribution in [0.5, 0.6) is 0 Å². The van der Waals surface area contributed by atoms with Gasteiger partial charge in [0.2, 0.25) is 0 Å². The molecule has 146 valence electrons. The Morgan fingerprint density at radius 3 is 2.25 bits per heavy atom. The van der Waals surface area contributed by atoms with Crippen molar-refractivity contribution < 1.29 is 16.8 Å². The Morgan fingerprint density at radius 1 is 1.00 bits per heavy atom. The van der Waals surface area contributed by atoms with Crippen LogP contribution in [0.1, 0.15) is 12.5 Å². The number of sulfonamides is 1. The Bertz CT molecular complexity index is 1190. The van der Waals surface area contributed by atoms with Gasteiger partial charge >= 0.3 is 0 Å². The van der Waals surface area contributed by atoms with Gasteiger partial charge in [-0.2, -0.15) is 5.10 Å². The van der Waals surface area contributed by atoms with Crippen LogP contribution < -0.4 is 4.72 Å². The molecule has 0 bridgehead atoms. The van der Waals surface area contributed by atoms with E-state index in [1.54, 1.807) is 24.3 Å². The van der Waals surface area contributed by atoms with Crippen LogP contribution in [-0.4, -0.2) is 38.1 Å². The van der Waals surface area contributed by atoms with Crippen molar-refractivity contribution in [2.24, 2.45) is 0 Å². The Hall–Kier alpha value is -2.65. The van der Waals surface area contributed by atoms with E-state index in [9.17, 15) is 16.8 Å². The van der Waals surface area contributed by atoms with Gasteiger partial charge in [-0.25, -0.2) is 21.5 Å². The van der Waals surface area contributed by atoms with Crippen LogP contribution in [0.4, 0.5) is 5.82 Å². The molecule has 1 N–H and O–H groups in total. The maximum Gasteiger partial charge on any atom is 0.263 e. The van der Waals surface area contributed by atoms with Gasteiger partial charge in [0.05, 0.1) is 28.1 Å². The monoisotopic (exact) mass is 417 g/mol. The summed E-state index contributed by atoms with van der Waals surface area (Å²) in [6.45, 7) is 0. The predicted molar refractivity (Wildman–Crippen MR) is 107 cm³/mol. The number of rotatable bonds is 5. The van der Waals surface area contributed by atoms with Crippen molar-refractivity contribution in [3.63, 3.8) is 0 Å². The number of anilines is 1. The van der Waals surface area contributed by atoms with Gasteiger partial charge in [-0.15, -0.1) is 0 Å². The Balaban J connectivity index is 1.76. The van der Waals surface area contributed by atoms with Crippen LogP contribution in [0.3, 0.4) is 0 Å². The van der Waals surface area contributed by atoms with Gasteiger partial charge in [0.15, 0.2) is 9.84 Å². The fourth-order valence-corrected chi connectivity index (χ4v) is 6.02. The summed E-state index contributed by atoms with van der Waals surface area (Å²) in [5, 5.41) is 4.53. The molecular weight excluding hydrogens is 398 g/mol. The molecule has 2 aromatic carbocycles. The Labute approximate surface area is 164 Å². The molecule has 3 aromatic rings. The van der Waals surface area contributed by atoms with E-state index in [0.29, 0.717) is 12.1 Å². The Morgan fingerprint density at radius 2 is 1.64 bits per heavy atom. The van der Waals surface area contributed by atoms with Crippen molar-refractivity contribution in [3.8, 4) is 11.3 Å². The van der Waals surface area contributed by atoms with E-state index in [1.165, 1.54) is 16.8 Å². The summed E-state index contributed by atoms with van der Waals surface area (Å²) in [5.74, 6) is 0.274. The maximum absolute atomic E-state index is 12.8. The third-order valence-electron chi connectivity index (χ3n) is 4.65. The van der Waals surface area contributed by atoms with Crippen LogP contribution in [0, 0.1) is 0 Å². The minimum atomic E-state index is -3.82. The molecule has 2 heterocycles. The van der Waals surface area contributed by atoms with E-state index in [-0.39, 0.29) is 22.2 Å². The minimum absolute atomic E-state index is 0.0526. The minimum Gasteiger partial charge on any atom is -0.264 e. The van der Waals surface area contributed by atoms with Crippen LogP contribution in [0.25, 0.3) is 11.3 Å². The third-order valence-corrected chi connectivity index (χ3v) is 7.77. The quantitative estimate of drug-likeness (QED) is 0.688. The molecule has 1 aromatic heterocycles. The van der Waals surface area contributed by atoms with Crippen LogP contribution in [0.15, 0.2) is 71.6 Å². The van der Waals surface area contributed by atoms with E-state index >= 15 is 0 Å². The lowest BCUT2D eigenvalue weighted by atomic mass is 10.2. The summed E-state index contributed by atoms with van der Waals surface area (Å²) in [6, 6.07) is 18.6. The molecule has 1 unspecified atom stereocenters. The summed E-state index contributed by atoms with van der Waals surface area (Å²) >= 11 is 0. The van der Waals surface area contributed by atoms with E-state index in [2.05, 4.69) is 9.82 Å². The summed E-state index contributed by atoms with van der Waals surface area (Å²) in [4.78, 5) is 0.128. The van der Waals surface area contributed by atoms with Gasteiger partial charge in [-0.3, -0.25) is 4.72 Å². The van der Waals surface area contributed by atoms with E-state index in [4.69, 9.17) is 0 Å². The molecule has 0 radical (unpaired) electrons. The zero-order valence-corrected chi connectivity index (χ0v) is 16.5. The van der Waals surface area contributed by atoms with E-state index < -0.39 is 25.9 Å². The van der Waals surface area contributed by atoms with Crippen LogP contribution in [-0.2, 0) is 19.9 Å². The molecule has 1 atom stereocenters. The molecule has 9 heteroatoms. The van der Waals surface area contributed by atoms with Crippen molar-refractivity contribution in [2.75, 3.05) is 16.2 Å². The second-order valence-corrected chi connectivity index (χ2v) is 10.6. The molecule has 4 rings (SSSR count). The molecule has 0 saturated carbocycles. The average molecular weight is 418 g/mol. The van der Waals surface area contributed by atoms with Crippen LogP contribution >= 0.6 is 0 Å². The number of nitrogens with zero attached hydrogens (tertiary/aromatic N) is 2. The highest BCUT2D eigenvalue weighted by Gasteiger charge is 2.32. The van der Waals surface area contributed by atoms with Crippen molar-refractivity contribution in [2.45, 2.75) is 17.4 Å². The van der Waals surface area contributed by atoms with Crippen LogP contribution in [0.2, 0.25) is 0 Å². The second-order valence-electron chi connectivity index (χ2n) is 6.70. The molecule has 0 spiro atoms. The van der Waals surface area contributed by atoms with Gasteiger partial charge in [-0.1, -0.05) is 48.5 Å². The van der Waals surface area contributed by atoms with Crippen molar-refractivity contribution >= 4 is 25.7 Å². The highest BCUT2D eigenvalue weighted by atomic mass is 32.2. The van der Waals surface area contributed by atoms with Gasteiger partial charge in [-0.05, 0) is 18.6 Å². The average Bonchev–Trinajstić information content (AvgIpc) is 3.25. The zero-order valence-electron chi connectivity index (χ0n) is 14.9. The SMILES string of the molecule is O=S1(=O)CCC(n2nc(-c3ccccc3)cc2NS(=O)(=O)c2ccccc2)C1. The first-order valence-electron chi connectivity index (χ1n) is 8.77. The lowest BCUT2D eigenvalue weighted by Crippen LogP contribution is -2.19. The zero-order chi connectivity index (χ0) is 19.8. The summed E-state index contributed by atoms with van der Waals surface area (Å²) in [7, 11) is -6.97. The smallest absolute Gasteiger partial charge is 0.263 e. The molecule has 1 aliphatic rings. The summed E-state index contributed by atoms with van der Waals surface area (Å²) in [6.07, 6.45) is 0.401. The topological polar surface area (TPSA) is 98.1 Å². The van der Waals surface area contributed by atoms with E-state index in [0.717, 1.165) is 5.56 Å². The fraction of sp³-hybridized carbons (Fsp3) is 0.211. The molecule has 0 aliphatic carbocycles. The predicted octanol–water partition coefficient (Wildman–Crippen LogP) is 2.71. The molecule has 0 amide bonds. The summed E-state index contributed by atoms with van der Waals surface area (Å²) < 4.78 is 53.5. The lowest BCUT2D eigenvalue weighted by molar-refractivity contribution is 0.507. The molecule has 1 saturated heterocycles. The van der Waals surface area contributed by atoms with Crippen molar-refractivity contribution in [3.05, 3.63) is 66.7 Å². The van der Waals surface area contributed by atoms with Gasteiger partial charge in [0.1, 0.15) is 5.82 Å². The molecule has 28 heavy (non-hydrogen) atoms. The first-order chi connectivity index (χ1) is 13.3. The fourth-order valence-electron chi connectivity index (χ4n) is 3.26. The van der Waals surface area contributed by atoms with Gasteiger partial charge in [0, 0.05) is 11.6 Å². The van der Waals surface area contributed by atoms with Crippen molar-refractivity contribution in [1.82, 2.24) is 9.78 Å². The number of nitrogens with one attached hydrogen (secondary N) is 1. The number of benzene rings is 2. The standard InChI is InChI=1S/C19H19N3O4S2/c23-27(24)12-11-16(14-27)22-19(13-18(20-22)15-7-3-1-4-8-15)21-28(25,26)17-9-5-2-6-10-17/h1-10,13,16,21H,11-12,14H2. The highest BCUT2D eigenvalue weighted by Crippen LogP contribution is 2.31. The number of sulfone groups is 1. The Kier molecular flexibility index (Phi) is 4.72. The molecule has 1 fully saturated rings. The third kappa shape index (κ3) is 3.81. The van der Waals surface area contributed by atoms with Crippen molar-refractivity contribution in [1.29, 1.82) is 0 Å². The molecule has 1 aliphatic heterocycles. The first-order valence-corrected chi connectivity index (χ1v) is 12.1. The molecular formula is C19H19N3O4S2. The molecule has 7 nitrogen and oxygen atoms in total. The number of aromatic nitrogens is 2. The largest absolute Gasteiger partial charge is 0.264 e. The first kappa shape index (κ1) is 18.7. The second kappa shape index (κ2) is 7.06. The van der Waals surface area contributed by atoms with E-state index in [1.807, 2.05) is 30.3 Å². The lowest BCUT2D eigenvalue weighted by Gasteiger charge is -2.14. The summed E-state index contributed by atoms with van der Waals surface area (Å²) in [5.41, 5.74) is 1.40. The van der Waals surface area contributed by atoms with Gasteiger partial charge in [0.25, 0.3) is 10.0 Å². The number of hydrogen-bond donors (Lipinski definition) is 1. The maximum atomic E-state index is 12.8. The van der Waals surface area contributed by atoms with Gasteiger partial charge < -0.3 is 0 Å². The highest BCUT2D eigenvalue weighted by molar-refractivity contribution is 7.92. The normalized spacial score (nSPS) is 18.8. The number of hydrogen-bond acceptors (Lipinski definition) is 5.